The second-order valence-electron chi connectivity index (χ2n) is 3.94. The van der Waals surface area contributed by atoms with Crippen LogP contribution in [0.5, 0.6) is 0 Å². The van der Waals surface area contributed by atoms with E-state index in [1.165, 1.54) is 0 Å². The Balaban J connectivity index is 2.92. The monoisotopic (exact) mass is 265 g/mol. The fourth-order valence-corrected chi connectivity index (χ4v) is 1.66. The van der Waals surface area contributed by atoms with Crippen molar-refractivity contribution < 1.29 is 14.7 Å². The van der Waals surface area contributed by atoms with Gasteiger partial charge in [0.2, 0.25) is 0 Å². The van der Waals surface area contributed by atoms with Crippen molar-refractivity contribution in [3.8, 4) is 0 Å². The molecule has 0 saturated heterocycles. The van der Waals surface area contributed by atoms with Gasteiger partial charge in [0.05, 0.1) is 6.61 Å². The third kappa shape index (κ3) is 3.96. The van der Waals surface area contributed by atoms with Gasteiger partial charge in [0.1, 0.15) is 0 Å². The van der Waals surface area contributed by atoms with Gasteiger partial charge in [-0.25, -0.2) is 0 Å². The van der Waals surface area contributed by atoms with E-state index in [0.717, 1.165) is 0 Å². The number of oxime groups is 1. The number of rotatable bonds is 6. The van der Waals surface area contributed by atoms with Crippen molar-refractivity contribution in [1.82, 2.24) is 4.90 Å². The Morgan fingerprint density at radius 3 is 2.74 bits per heavy atom. The SMILES string of the molecule is CCN(CCOC)C(=O)c1cccc(C(N)=NO)c1. The lowest BCUT2D eigenvalue weighted by atomic mass is 10.1. The minimum Gasteiger partial charge on any atom is -0.409 e. The van der Waals surface area contributed by atoms with E-state index >= 15 is 0 Å². The average molecular weight is 265 g/mol. The zero-order chi connectivity index (χ0) is 14.3. The second-order valence-corrected chi connectivity index (χ2v) is 3.94. The van der Waals surface area contributed by atoms with Gasteiger partial charge in [0, 0.05) is 31.3 Å². The number of benzene rings is 1. The summed E-state index contributed by atoms with van der Waals surface area (Å²) in [4.78, 5) is 13.9. The topological polar surface area (TPSA) is 88.2 Å². The molecule has 0 saturated carbocycles. The average Bonchev–Trinajstić information content (AvgIpc) is 2.47. The summed E-state index contributed by atoms with van der Waals surface area (Å²) in [5.74, 6) is -0.123. The lowest BCUT2D eigenvalue weighted by molar-refractivity contribution is 0.0706. The minimum atomic E-state index is -0.105. The number of amides is 1. The number of carbonyl (C=O) groups excluding carboxylic acids is 1. The molecule has 0 aliphatic rings. The third-order valence-corrected chi connectivity index (χ3v) is 2.75. The number of carbonyl (C=O) groups is 1. The number of hydrogen-bond donors (Lipinski definition) is 2. The van der Waals surface area contributed by atoms with E-state index in [4.69, 9.17) is 15.7 Å². The quantitative estimate of drug-likeness (QED) is 0.346. The Hall–Kier alpha value is -2.08. The van der Waals surface area contributed by atoms with Crippen LogP contribution in [0.15, 0.2) is 29.4 Å². The summed E-state index contributed by atoms with van der Waals surface area (Å²) in [6.45, 7) is 3.51. The highest BCUT2D eigenvalue weighted by Crippen LogP contribution is 2.08. The summed E-state index contributed by atoms with van der Waals surface area (Å²) >= 11 is 0. The number of nitrogens with two attached hydrogens (primary N) is 1. The van der Waals surface area contributed by atoms with Gasteiger partial charge in [-0.1, -0.05) is 17.3 Å². The summed E-state index contributed by atoms with van der Waals surface area (Å²) < 4.78 is 4.97. The van der Waals surface area contributed by atoms with Crippen molar-refractivity contribution in [1.29, 1.82) is 0 Å². The van der Waals surface area contributed by atoms with Crippen molar-refractivity contribution in [3.05, 3.63) is 35.4 Å². The Bertz CT molecular complexity index is 460. The van der Waals surface area contributed by atoms with Crippen molar-refractivity contribution in [2.75, 3.05) is 26.8 Å². The molecule has 0 aliphatic heterocycles. The standard InChI is InChI=1S/C13H19N3O3/c1-3-16(7-8-19-2)13(17)11-6-4-5-10(9-11)12(14)15-18/h4-6,9,18H,3,7-8H2,1-2H3,(H2,14,15). The van der Waals surface area contributed by atoms with Crippen LogP contribution in [-0.4, -0.2) is 48.7 Å². The summed E-state index contributed by atoms with van der Waals surface area (Å²) in [5.41, 5.74) is 6.52. The number of amidine groups is 1. The van der Waals surface area contributed by atoms with E-state index in [1.807, 2.05) is 6.92 Å². The number of nitrogens with zero attached hydrogens (tertiary/aromatic N) is 2. The van der Waals surface area contributed by atoms with Gasteiger partial charge in [0.15, 0.2) is 5.84 Å². The minimum absolute atomic E-state index is 0.0189. The summed E-state index contributed by atoms with van der Waals surface area (Å²) in [6, 6.07) is 6.68. The van der Waals surface area contributed by atoms with Crippen LogP contribution in [0.3, 0.4) is 0 Å². The first kappa shape index (κ1) is 15.0. The van der Waals surface area contributed by atoms with Gasteiger partial charge in [-0.2, -0.15) is 0 Å². The third-order valence-electron chi connectivity index (χ3n) is 2.75. The van der Waals surface area contributed by atoms with Gasteiger partial charge in [-0.15, -0.1) is 0 Å². The Labute approximate surface area is 112 Å². The predicted octanol–water partition coefficient (Wildman–Crippen LogP) is 0.890. The number of hydrogen-bond acceptors (Lipinski definition) is 4. The highest BCUT2D eigenvalue weighted by molar-refractivity contribution is 6.01. The fourth-order valence-electron chi connectivity index (χ4n) is 1.66. The Morgan fingerprint density at radius 2 is 2.16 bits per heavy atom. The van der Waals surface area contributed by atoms with Crippen LogP contribution in [-0.2, 0) is 4.74 Å². The summed E-state index contributed by atoms with van der Waals surface area (Å²) in [5, 5.41) is 11.6. The first-order valence-corrected chi connectivity index (χ1v) is 6.00. The molecule has 1 aromatic carbocycles. The molecule has 0 radical (unpaired) electrons. The molecule has 0 unspecified atom stereocenters. The van der Waals surface area contributed by atoms with E-state index in [9.17, 15) is 4.79 Å². The predicted molar refractivity (Wildman–Crippen MR) is 72.4 cm³/mol. The molecule has 104 valence electrons. The molecule has 0 aromatic heterocycles. The van der Waals surface area contributed by atoms with E-state index in [0.29, 0.717) is 30.8 Å². The van der Waals surface area contributed by atoms with Crippen molar-refractivity contribution in [2.24, 2.45) is 10.9 Å². The van der Waals surface area contributed by atoms with Gasteiger partial charge in [-0.3, -0.25) is 4.79 Å². The summed E-state index contributed by atoms with van der Waals surface area (Å²) in [7, 11) is 1.59. The molecule has 3 N–H and O–H groups in total. The van der Waals surface area contributed by atoms with Gasteiger partial charge in [-0.05, 0) is 19.1 Å². The van der Waals surface area contributed by atoms with Crippen LogP contribution < -0.4 is 5.73 Å². The number of ether oxygens (including phenoxy) is 1. The smallest absolute Gasteiger partial charge is 0.253 e. The van der Waals surface area contributed by atoms with E-state index in [2.05, 4.69) is 5.16 Å². The van der Waals surface area contributed by atoms with Gasteiger partial charge >= 0.3 is 0 Å². The molecule has 1 rings (SSSR count). The van der Waals surface area contributed by atoms with E-state index in [1.54, 1.807) is 36.3 Å². The van der Waals surface area contributed by atoms with Crippen LogP contribution >= 0.6 is 0 Å². The lowest BCUT2D eigenvalue weighted by Crippen LogP contribution is -2.33. The number of likely N-dealkylation sites (N-methyl/N-ethyl adjacent to an activating group) is 1. The van der Waals surface area contributed by atoms with Crippen molar-refractivity contribution >= 4 is 11.7 Å². The molecule has 6 heteroatoms. The molecule has 19 heavy (non-hydrogen) atoms. The zero-order valence-electron chi connectivity index (χ0n) is 11.2. The van der Waals surface area contributed by atoms with Gasteiger partial charge in [0.25, 0.3) is 5.91 Å². The molecular weight excluding hydrogens is 246 g/mol. The second kappa shape index (κ2) is 7.38. The maximum atomic E-state index is 12.3. The van der Waals surface area contributed by atoms with E-state index < -0.39 is 0 Å². The highest BCUT2D eigenvalue weighted by Gasteiger charge is 2.14. The van der Waals surface area contributed by atoms with E-state index in [-0.39, 0.29) is 11.7 Å². The fraction of sp³-hybridized carbons (Fsp3) is 0.385. The molecule has 0 heterocycles. The van der Waals surface area contributed by atoms with Gasteiger partial charge < -0.3 is 20.6 Å². The van der Waals surface area contributed by atoms with Crippen LogP contribution in [0.1, 0.15) is 22.8 Å². The van der Waals surface area contributed by atoms with Crippen LogP contribution in [0.2, 0.25) is 0 Å². The summed E-state index contributed by atoms with van der Waals surface area (Å²) in [6.07, 6.45) is 0. The van der Waals surface area contributed by atoms with Crippen LogP contribution in [0, 0.1) is 0 Å². The first-order chi connectivity index (χ1) is 9.13. The zero-order valence-corrected chi connectivity index (χ0v) is 11.2. The highest BCUT2D eigenvalue weighted by atomic mass is 16.5. The van der Waals surface area contributed by atoms with Crippen molar-refractivity contribution in [3.63, 3.8) is 0 Å². The largest absolute Gasteiger partial charge is 0.409 e. The van der Waals surface area contributed by atoms with Crippen LogP contribution in [0.25, 0.3) is 0 Å². The Morgan fingerprint density at radius 1 is 1.47 bits per heavy atom. The molecular formula is C13H19N3O3. The molecule has 6 nitrogen and oxygen atoms in total. The lowest BCUT2D eigenvalue weighted by Gasteiger charge is -2.20. The first-order valence-electron chi connectivity index (χ1n) is 6.00. The van der Waals surface area contributed by atoms with Crippen LogP contribution in [0.4, 0.5) is 0 Å². The maximum Gasteiger partial charge on any atom is 0.253 e. The normalized spacial score (nSPS) is 11.4. The molecule has 0 aliphatic carbocycles. The maximum absolute atomic E-state index is 12.3. The Kier molecular flexibility index (Phi) is 5.81. The number of methoxy groups -OCH3 is 1. The molecule has 0 spiro atoms. The molecule has 0 fully saturated rings. The molecule has 0 atom stereocenters. The molecule has 0 bridgehead atoms. The molecule has 1 aromatic rings. The molecule has 1 amide bonds. The van der Waals surface area contributed by atoms with Crippen molar-refractivity contribution in [2.45, 2.75) is 6.92 Å².